The van der Waals surface area contributed by atoms with Crippen molar-refractivity contribution in [2.45, 2.75) is 44.1 Å². The standard InChI is InChI=1S/C28H28ClFN8O3/c1-27(2,41-25(32)39)15-28(17-6-4-5-7-18(17)30)9-12-38(13-10-28)26-34-19(14-31)20-22(36-37-23(20)35-26)16-8-11-33-24(40-3)21(16)29/h4-8,11H,9-10,12-13,15H2,1-3H3,(H2,32,39)(H,34,35,36,37). The largest absolute Gasteiger partial charge is 0.480 e. The zero-order valence-electron chi connectivity index (χ0n) is 22.7. The number of aromatic amines is 1. The number of anilines is 1. The number of benzene rings is 1. The number of aromatic nitrogens is 5. The van der Waals surface area contributed by atoms with Gasteiger partial charge in [0.15, 0.2) is 11.3 Å². The van der Waals surface area contributed by atoms with Gasteiger partial charge in [0.1, 0.15) is 22.5 Å². The molecule has 1 aliphatic heterocycles. The van der Waals surface area contributed by atoms with Crippen molar-refractivity contribution in [2.75, 3.05) is 25.1 Å². The average molecular weight is 579 g/mol. The molecule has 1 aliphatic rings. The molecule has 4 heterocycles. The maximum absolute atomic E-state index is 15.1. The summed E-state index contributed by atoms with van der Waals surface area (Å²) in [7, 11) is 1.46. The van der Waals surface area contributed by atoms with Crippen LogP contribution in [0.4, 0.5) is 15.1 Å². The molecule has 0 aliphatic carbocycles. The number of ether oxygens (including phenoxy) is 2. The molecule has 0 radical (unpaired) electrons. The number of nitrogens with one attached hydrogen (secondary N) is 1. The summed E-state index contributed by atoms with van der Waals surface area (Å²) in [5.74, 6) is 0.245. The van der Waals surface area contributed by atoms with E-state index in [2.05, 4.69) is 31.2 Å². The summed E-state index contributed by atoms with van der Waals surface area (Å²) in [6, 6.07) is 10.5. The molecular formula is C28H28ClFN8O3. The fraction of sp³-hybridized carbons (Fsp3) is 0.357. The van der Waals surface area contributed by atoms with E-state index in [-0.39, 0.29) is 22.4 Å². The quantitative estimate of drug-likeness (QED) is 0.311. The van der Waals surface area contributed by atoms with E-state index in [4.69, 9.17) is 26.8 Å². The Hall–Kier alpha value is -4.50. The number of fused-ring (bicyclic) bond motifs is 1. The number of carbonyl (C=O) groups is 1. The number of rotatable bonds is 7. The third-order valence-electron chi connectivity index (χ3n) is 7.42. The highest BCUT2D eigenvalue weighted by Crippen LogP contribution is 2.44. The second-order valence-electron chi connectivity index (χ2n) is 10.6. The summed E-state index contributed by atoms with van der Waals surface area (Å²) in [5, 5.41) is 18.0. The highest BCUT2D eigenvalue weighted by molar-refractivity contribution is 6.34. The molecule has 1 aromatic carbocycles. The van der Waals surface area contributed by atoms with Crippen LogP contribution in [0.3, 0.4) is 0 Å². The van der Waals surface area contributed by atoms with Gasteiger partial charge in [0.2, 0.25) is 11.8 Å². The molecule has 1 saturated heterocycles. The molecule has 41 heavy (non-hydrogen) atoms. The highest BCUT2D eigenvalue weighted by atomic mass is 35.5. The van der Waals surface area contributed by atoms with E-state index >= 15 is 4.39 Å². The van der Waals surface area contributed by atoms with Crippen LogP contribution in [-0.2, 0) is 10.2 Å². The summed E-state index contributed by atoms with van der Waals surface area (Å²) in [5.41, 5.74) is 5.75. The van der Waals surface area contributed by atoms with Gasteiger partial charge >= 0.3 is 6.09 Å². The van der Waals surface area contributed by atoms with Gasteiger partial charge in [-0.1, -0.05) is 29.8 Å². The first-order chi connectivity index (χ1) is 19.6. The Morgan fingerprint density at radius 2 is 2.00 bits per heavy atom. The lowest BCUT2D eigenvalue weighted by Crippen LogP contribution is -2.48. The maximum atomic E-state index is 15.1. The minimum Gasteiger partial charge on any atom is -0.480 e. The van der Waals surface area contributed by atoms with Crippen LogP contribution in [0, 0.1) is 17.1 Å². The van der Waals surface area contributed by atoms with E-state index in [9.17, 15) is 10.1 Å². The molecule has 5 rings (SSSR count). The predicted molar refractivity (Wildman–Crippen MR) is 150 cm³/mol. The number of primary amides is 1. The van der Waals surface area contributed by atoms with Crippen molar-refractivity contribution in [2.24, 2.45) is 5.73 Å². The first-order valence-corrected chi connectivity index (χ1v) is 13.3. The summed E-state index contributed by atoms with van der Waals surface area (Å²) >= 11 is 6.48. The molecule has 0 saturated carbocycles. The van der Waals surface area contributed by atoms with Gasteiger partial charge in [0.25, 0.3) is 0 Å². The minimum atomic E-state index is -0.929. The van der Waals surface area contributed by atoms with Gasteiger partial charge in [0.05, 0.1) is 18.2 Å². The minimum absolute atomic E-state index is 0.127. The van der Waals surface area contributed by atoms with Crippen LogP contribution < -0.4 is 15.4 Å². The number of hydrogen-bond donors (Lipinski definition) is 2. The monoisotopic (exact) mass is 578 g/mol. The first-order valence-electron chi connectivity index (χ1n) is 12.9. The average Bonchev–Trinajstić information content (AvgIpc) is 3.36. The number of pyridine rings is 1. The van der Waals surface area contributed by atoms with Crippen molar-refractivity contribution < 1.29 is 18.7 Å². The van der Waals surface area contributed by atoms with E-state index in [0.29, 0.717) is 66.2 Å². The third kappa shape index (κ3) is 5.32. The van der Waals surface area contributed by atoms with E-state index in [1.54, 1.807) is 44.3 Å². The molecule has 0 bridgehead atoms. The normalized spacial score (nSPS) is 15.0. The molecule has 0 unspecified atom stereocenters. The smallest absolute Gasteiger partial charge is 0.405 e. The summed E-state index contributed by atoms with van der Waals surface area (Å²) in [6.07, 6.45) is 2.05. The van der Waals surface area contributed by atoms with Crippen molar-refractivity contribution in [3.63, 3.8) is 0 Å². The van der Waals surface area contributed by atoms with Crippen molar-refractivity contribution >= 4 is 34.7 Å². The Labute approximate surface area is 240 Å². The lowest BCUT2D eigenvalue weighted by Gasteiger charge is -2.45. The Morgan fingerprint density at radius 3 is 2.66 bits per heavy atom. The van der Waals surface area contributed by atoms with E-state index in [1.807, 2.05) is 4.90 Å². The van der Waals surface area contributed by atoms with Crippen molar-refractivity contribution in [3.8, 4) is 23.2 Å². The molecule has 11 nitrogen and oxygen atoms in total. The fourth-order valence-corrected chi connectivity index (χ4v) is 6.06. The summed E-state index contributed by atoms with van der Waals surface area (Å²) in [4.78, 5) is 26.8. The first kappa shape index (κ1) is 28.0. The lowest BCUT2D eigenvalue weighted by atomic mass is 9.67. The SMILES string of the molecule is COc1nccc(-c2[nH]nc3nc(N4CCC(CC(C)(C)OC(N)=O)(c5ccccc5F)CC4)nc(C#N)c23)c1Cl. The molecule has 3 aromatic heterocycles. The third-order valence-corrected chi connectivity index (χ3v) is 7.78. The summed E-state index contributed by atoms with van der Waals surface area (Å²) < 4.78 is 25.7. The van der Waals surface area contributed by atoms with Gasteiger partial charge in [-0.25, -0.2) is 19.2 Å². The molecular weight excluding hydrogens is 551 g/mol. The van der Waals surface area contributed by atoms with Crippen LogP contribution in [0.1, 0.15) is 44.4 Å². The van der Waals surface area contributed by atoms with E-state index in [0.717, 1.165) is 0 Å². The number of H-pyrrole nitrogens is 1. The number of nitrogens with zero attached hydrogens (tertiary/aromatic N) is 6. The molecule has 3 N–H and O–H groups in total. The van der Waals surface area contributed by atoms with Crippen LogP contribution in [0.15, 0.2) is 36.5 Å². The highest BCUT2D eigenvalue weighted by Gasteiger charge is 2.44. The molecule has 4 aromatic rings. The molecule has 0 atom stereocenters. The van der Waals surface area contributed by atoms with Gasteiger partial charge in [0, 0.05) is 30.3 Å². The van der Waals surface area contributed by atoms with Gasteiger partial charge in [-0.2, -0.15) is 15.3 Å². The number of nitriles is 1. The van der Waals surface area contributed by atoms with Crippen LogP contribution >= 0.6 is 11.6 Å². The number of methoxy groups -OCH3 is 1. The fourth-order valence-electron chi connectivity index (χ4n) is 5.78. The van der Waals surface area contributed by atoms with Crippen molar-refractivity contribution in [1.82, 2.24) is 25.1 Å². The zero-order valence-corrected chi connectivity index (χ0v) is 23.5. The van der Waals surface area contributed by atoms with Crippen LogP contribution in [0.5, 0.6) is 5.88 Å². The van der Waals surface area contributed by atoms with E-state index in [1.165, 1.54) is 13.2 Å². The molecule has 1 amide bonds. The maximum Gasteiger partial charge on any atom is 0.405 e. The number of nitrogens with two attached hydrogens (primary N) is 1. The van der Waals surface area contributed by atoms with Crippen LogP contribution in [0.2, 0.25) is 5.02 Å². The number of carbonyl (C=O) groups excluding carboxylic acids is 1. The van der Waals surface area contributed by atoms with E-state index < -0.39 is 17.1 Å². The summed E-state index contributed by atoms with van der Waals surface area (Å²) in [6.45, 7) is 4.45. The number of piperidine rings is 1. The van der Waals surface area contributed by atoms with Crippen LogP contribution in [0.25, 0.3) is 22.3 Å². The van der Waals surface area contributed by atoms with Gasteiger partial charge in [-0.05, 0) is 50.8 Å². The van der Waals surface area contributed by atoms with Gasteiger partial charge in [-0.15, -0.1) is 0 Å². The van der Waals surface area contributed by atoms with Crippen molar-refractivity contribution in [3.05, 3.63) is 58.6 Å². The van der Waals surface area contributed by atoms with Gasteiger partial charge in [-0.3, -0.25) is 5.10 Å². The van der Waals surface area contributed by atoms with Crippen molar-refractivity contribution in [1.29, 1.82) is 5.26 Å². The Morgan fingerprint density at radius 1 is 1.27 bits per heavy atom. The Balaban J connectivity index is 1.48. The Bertz CT molecular complexity index is 1660. The lowest BCUT2D eigenvalue weighted by molar-refractivity contribution is 0.0152. The second-order valence-corrected chi connectivity index (χ2v) is 10.9. The molecule has 13 heteroatoms. The number of hydrogen-bond acceptors (Lipinski definition) is 9. The topological polar surface area (TPSA) is 156 Å². The Kier molecular flexibility index (Phi) is 7.40. The number of amides is 1. The molecule has 1 fully saturated rings. The zero-order chi connectivity index (χ0) is 29.4. The second kappa shape index (κ2) is 10.8. The van der Waals surface area contributed by atoms with Crippen LogP contribution in [-0.4, -0.2) is 57.0 Å². The van der Waals surface area contributed by atoms with Gasteiger partial charge < -0.3 is 20.1 Å². The number of halogens is 2. The molecule has 0 spiro atoms. The predicted octanol–water partition coefficient (Wildman–Crippen LogP) is 4.89. The molecule has 212 valence electrons.